The highest BCUT2D eigenvalue weighted by atomic mass is 127. The monoisotopic (exact) mass is 228 g/mol. The van der Waals surface area contributed by atoms with Crippen LogP contribution >= 0.6 is 33.9 Å². The zero-order chi connectivity index (χ0) is 5.28. The van der Waals surface area contributed by atoms with Gasteiger partial charge in [0.1, 0.15) is 0 Å². The van der Waals surface area contributed by atoms with E-state index in [0.717, 1.165) is 14.9 Å². The van der Waals surface area contributed by atoms with Gasteiger partial charge in [0.2, 0.25) is 0 Å². The van der Waals surface area contributed by atoms with Crippen LogP contribution in [0.25, 0.3) is 0 Å². The Morgan fingerprint density at radius 1 is 1.71 bits per heavy atom. The fourth-order valence-electron chi connectivity index (χ4n) is 0.289. The largest absolute Gasteiger partial charge is 0.195 e. The summed E-state index contributed by atoms with van der Waals surface area (Å²) in [4.78, 5) is 0. The van der Waals surface area contributed by atoms with Crippen molar-refractivity contribution in [3.8, 4) is 0 Å². The van der Waals surface area contributed by atoms with Crippen molar-refractivity contribution in [2.75, 3.05) is 0 Å². The third-order valence-electron chi connectivity index (χ3n) is 0.535. The van der Waals surface area contributed by atoms with Crippen LogP contribution in [0.3, 0.4) is 0 Å². The van der Waals surface area contributed by atoms with E-state index in [9.17, 15) is 4.39 Å². The SMILES string of the molecule is Fc1cc(I)cs1. The minimum absolute atomic E-state index is 0.107. The van der Waals surface area contributed by atoms with E-state index in [2.05, 4.69) is 22.6 Å². The van der Waals surface area contributed by atoms with Gasteiger partial charge < -0.3 is 0 Å². The standard InChI is InChI=1S/C4H2FIS/c5-4-1-3(6)2-7-4/h1-2H. The first kappa shape index (κ1) is 5.50. The zero-order valence-electron chi connectivity index (χ0n) is 3.32. The van der Waals surface area contributed by atoms with Crippen molar-refractivity contribution in [2.45, 2.75) is 0 Å². The van der Waals surface area contributed by atoms with Crippen LogP contribution < -0.4 is 0 Å². The maximum Gasteiger partial charge on any atom is 0.177 e. The molecule has 0 saturated carbocycles. The minimum atomic E-state index is -0.107. The molecular weight excluding hydrogens is 226 g/mol. The summed E-state index contributed by atoms with van der Waals surface area (Å²) in [5.41, 5.74) is 0. The van der Waals surface area contributed by atoms with E-state index < -0.39 is 0 Å². The summed E-state index contributed by atoms with van der Waals surface area (Å²) in [6.07, 6.45) is 0. The van der Waals surface area contributed by atoms with Gasteiger partial charge in [0.15, 0.2) is 5.13 Å². The van der Waals surface area contributed by atoms with Crippen LogP contribution in [0, 0.1) is 8.70 Å². The molecule has 0 aliphatic heterocycles. The van der Waals surface area contributed by atoms with Crippen LogP contribution in [0.4, 0.5) is 4.39 Å². The Bertz CT molecular complexity index is 144. The molecule has 7 heavy (non-hydrogen) atoms. The lowest BCUT2D eigenvalue weighted by Crippen LogP contribution is -1.51. The molecule has 0 spiro atoms. The predicted octanol–water partition coefficient (Wildman–Crippen LogP) is 2.49. The first-order valence-electron chi connectivity index (χ1n) is 1.68. The van der Waals surface area contributed by atoms with Gasteiger partial charge in [0.25, 0.3) is 0 Å². The molecule has 0 nitrogen and oxygen atoms in total. The molecule has 0 unspecified atom stereocenters. The van der Waals surface area contributed by atoms with Gasteiger partial charge in [-0.3, -0.25) is 0 Å². The molecule has 0 aliphatic carbocycles. The summed E-state index contributed by atoms with van der Waals surface area (Å²) >= 11 is 3.20. The summed E-state index contributed by atoms with van der Waals surface area (Å²) in [7, 11) is 0. The van der Waals surface area contributed by atoms with Gasteiger partial charge in [0, 0.05) is 8.95 Å². The fourth-order valence-corrected chi connectivity index (χ4v) is 1.64. The van der Waals surface area contributed by atoms with Crippen molar-refractivity contribution in [1.82, 2.24) is 0 Å². The van der Waals surface area contributed by atoms with Gasteiger partial charge in [-0.15, -0.1) is 11.3 Å². The zero-order valence-corrected chi connectivity index (χ0v) is 6.29. The Morgan fingerprint density at radius 2 is 2.43 bits per heavy atom. The molecule has 0 fully saturated rings. The number of halogens is 2. The Morgan fingerprint density at radius 3 is 2.57 bits per heavy atom. The number of rotatable bonds is 0. The second-order valence-corrected chi connectivity index (χ2v) is 3.18. The maximum atomic E-state index is 11.9. The van der Waals surface area contributed by atoms with Gasteiger partial charge >= 0.3 is 0 Å². The molecule has 1 heterocycles. The van der Waals surface area contributed by atoms with Crippen LogP contribution in [0.15, 0.2) is 11.4 Å². The van der Waals surface area contributed by atoms with E-state index in [1.807, 2.05) is 0 Å². The summed E-state index contributed by atoms with van der Waals surface area (Å²) in [5.74, 6) is 0. The Hall–Kier alpha value is 0.360. The van der Waals surface area contributed by atoms with Gasteiger partial charge in [0.05, 0.1) is 0 Å². The molecule has 1 rings (SSSR count). The lowest BCUT2D eigenvalue weighted by atomic mass is 10.7. The van der Waals surface area contributed by atoms with Crippen molar-refractivity contribution in [2.24, 2.45) is 0 Å². The molecule has 1 aromatic heterocycles. The molecule has 0 N–H and O–H groups in total. The lowest BCUT2D eigenvalue weighted by molar-refractivity contribution is 0.657. The van der Waals surface area contributed by atoms with Gasteiger partial charge in [-0.05, 0) is 28.7 Å². The third kappa shape index (κ3) is 1.38. The average Bonchev–Trinajstić information content (AvgIpc) is 1.87. The topological polar surface area (TPSA) is 0 Å². The second-order valence-electron chi connectivity index (χ2n) is 1.07. The summed E-state index contributed by atoms with van der Waals surface area (Å²) in [5, 5.41) is 1.67. The highest BCUT2D eigenvalue weighted by Crippen LogP contribution is 2.13. The van der Waals surface area contributed by atoms with Crippen LogP contribution in [-0.2, 0) is 0 Å². The number of hydrogen-bond acceptors (Lipinski definition) is 1. The summed E-state index contributed by atoms with van der Waals surface area (Å²) < 4.78 is 12.9. The van der Waals surface area contributed by atoms with Crippen LogP contribution in [0.5, 0.6) is 0 Å². The molecular formula is C4H2FIS. The normalized spacial score (nSPS) is 9.43. The van der Waals surface area contributed by atoms with Crippen LogP contribution in [0.1, 0.15) is 0 Å². The highest BCUT2D eigenvalue weighted by molar-refractivity contribution is 14.1. The second kappa shape index (κ2) is 2.09. The molecule has 0 radical (unpaired) electrons. The van der Waals surface area contributed by atoms with Crippen LogP contribution in [-0.4, -0.2) is 0 Å². The van der Waals surface area contributed by atoms with E-state index in [0.29, 0.717) is 0 Å². The van der Waals surface area contributed by atoms with E-state index in [1.165, 1.54) is 6.07 Å². The molecule has 0 atom stereocenters. The Kier molecular flexibility index (Phi) is 1.64. The molecule has 0 aromatic carbocycles. The van der Waals surface area contributed by atoms with Crippen molar-refractivity contribution in [3.05, 3.63) is 20.1 Å². The average molecular weight is 228 g/mol. The minimum Gasteiger partial charge on any atom is -0.195 e. The van der Waals surface area contributed by atoms with E-state index >= 15 is 0 Å². The molecule has 0 amide bonds. The van der Waals surface area contributed by atoms with E-state index in [1.54, 1.807) is 5.38 Å². The number of thiophene rings is 1. The highest BCUT2D eigenvalue weighted by Gasteiger charge is 1.90. The molecule has 3 heteroatoms. The smallest absolute Gasteiger partial charge is 0.177 e. The fraction of sp³-hybridized carbons (Fsp3) is 0. The molecule has 1 aromatic rings. The van der Waals surface area contributed by atoms with Crippen molar-refractivity contribution < 1.29 is 4.39 Å². The molecule has 0 saturated heterocycles. The van der Waals surface area contributed by atoms with Gasteiger partial charge in [-0.2, -0.15) is 4.39 Å². The first-order chi connectivity index (χ1) is 3.29. The maximum absolute atomic E-state index is 11.9. The third-order valence-corrected chi connectivity index (χ3v) is 2.30. The van der Waals surface area contributed by atoms with E-state index in [-0.39, 0.29) is 5.13 Å². The first-order valence-corrected chi connectivity index (χ1v) is 3.64. The predicted molar refractivity (Wildman–Crippen MR) is 37.0 cm³/mol. The van der Waals surface area contributed by atoms with Crippen molar-refractivity contribution >= 4 is 33.9 Å². The van der Waals surface area contributed by atoms with E-state index in [4.69, 9.17) is 0 Å². The van der Waals surface area contributed by atoms with Gasteiger partial charge in [-0.1, -0.05) is 0 Å². The summed E-state index contributed by atoms with van der Waals surface area (Å²) in [6, 6.07) is 1.51. The quantitative estimate of drug-likeness (QED) is 0.598. The summed E-state index contributed by atoms with van der Waals surface area (Å²) in [6.45, 7) is 0. The van der Waals surface area contributed by atoms with Crippen molar-refractivity contribution in [1.29, 1.82) is 0 Å². The van der Waals surface area contributed by atoms with Crippen LogP contribution in [0.2, 0.25) is 0 Å². The molecule has 0 aliphatic rings. The number of hydrogen-bond donors (Lipinski definition) is 0. The molecule has 0 bridgehead atoms. The Balaban J connectivity index is 3.04. The van der Waals surface area contributed by atoms with Gasteiger partial charge in [-0.25, -0.2) is 0 Å². The lowest BCUT2D eigenvalue weighted by Gasteiger charge is -1.64. The molecule has 38 valence electrons. The Labute approximate surface area is 58.5 Å². The van der Waals surface area contributed by atoms with Crippen molar-refractivity contribution in [3.63, 3.8) is 0 Å².